The molecule has 2 aromatic rings. The third-order valence-corrected chi connectivity index (χ3v) is 3.01. The number of aromatic amines is 1. The van der Waals surface area contributed by atoms with Crippen molar-refractivity contribution in [1.82, 2.24) is 10.2 Å². The molecule has 1 aromatic heterocycles. The number of fused-ring (bicyclic) bond motifs is 1. The minimum atomic E-state index is 0.703. The van der Waals surface area contributed by atoms with Gasteiger partial charge in [0.15, 0.2) is 0 Å². The Morgan fingerprint density at radius 1 is 1.50 bits per heavy atom. The monoisotopic (exact) mass is 258 g/mol. The van der Waals surface area contributed by atoms with Crippen LogP contribution in [0.2, 0.25) is 0 Å². The molecule has 3 N–H and O–H groups in total. The quantitative estimate of drug-likeness (QED) is 0.828. The van der Waals surface area contributed by atoms with E-state index in [1.54, 1.807) is 6.08 Å². The summed E-state index contributed by atoms with van der Waals surface area (Å²) in [6.45, 7) is 3.85. The molecule has 0 aliphatic rings. The topological polar surface area (TPSA) is 67.1 Å². The summed E-state index contributed by atoms with van der Waals surface area (Å²) in [5, 5.41) is 9.00. The van der Waals surface area contributed by atoms with Crippen LogP contribution in [0, 0.1) is 0 Å². The first-order valence-corrected chi connectivity index (χ1v) is 6.62. The lowest BCUT2D eigenvalue weighted by Crippen LogP contribution is -2.00. The van der Waals surface area contributed by atoms with E-state index in [4.69, 9.17) is 5.73 Å². The number of H-pyrrole nitrogens is 1. The number of benzene rings is 1. The van der Waals surface area contributed by atoms with Crippen molar-refractivity contribution in [3.63, 3.8) is 0 Å². The molecule has 0 unspecified atom stereocenters. The molecule has 0 bridgehead atoms. The minimum Gasteiger partial charge on any atom is -0.405 e. The van der Waals surface area contributed by atoms with Gasteiger partial charge in [0.1, 0.15) is 5.69 Å². The van der Waals surface area contributed by atoms with Crippen molar-refractivity contribution in [3.05, 3.63) is 53.8 Å². The van der Waals surface area contributed by atoms with Crippen LogP contribution in [0.4, 0.5) is 0 Å². The molecule has 0 saturated heterocycles. The lowest BCUT2D eigenvalue weighted by Gasteiger charge is -1.99. The molecule has 4 nitrogen and oxygen atoms in total. The summed E-state index contributed by atoms with van der Waals surface area (Å²) in [6.07, 6.45) is 5.11. The average molecular weight is 258 g/mol. The second-order valence-corrected chi connectivity index (χ2v) is 4.45. The Balaban J connectivity index is 2.55. The SMILES string of the molecule is C=C(N=C(/C=C\N)c1n[nH]c2ccccc12)SC. The molecular weight excluding hydrogens is 244 g/mol. The number of thioether (sulfide) groups is 1. The predicted molar refractivity (Wildman–Crippen MR) is 78.6 cm³/mol. The normalized spacial score (nSPS) is 12.4. The zero-order valence-corrected chi connectivity index (χ0v) is 10.9. The summed E-state index contributed by atoms with van der Waals surface area (Å²) in [6, 6.07) is 7.89. The number of hydrogen-bond acceptors (Lipinski definition) is 4. The van der Waals surface area contributed by atoms with Gasteiger partial charge in [-0.2, -0.15) is 5.10 Å². The summed E-state index contributed by atoms with van der Waals surface area (Å²) in [4.78, 5) is 4.41. The van der Waals surface area contributed by atoms with Crippen molar-refractivity contribution in [2.75, 3.05) is 6.26 Å². The highest BCUT2D eigenvalue weighted by atomic mass is 32.2. The van der Waals surface area contributed by atoms with Crippen molar-refractivity contribution in [2.24, 2.45) is 10.7 Å². The van der Waals surface area contributed by atoms with Crippen molar-refractivity contribution in [3.8, 4) is 0 Å². The predicted octanol–water partition coefficient (Wildman–Crippen LogP) is 2.66. The summed E-state index contributed by atoms with van der Waals surface area (Å²) in [5.74, 6) is 0. The van der Waals surface area contributed by atoms with Crippen LogP contribution >= 0.6 is 11.8 Å². The Kier molecular flexibility index (Phi) is 3.84. The molecule has 2 rings (SSSR count). The zero-order valence-electron chi connectivity index (χ0n) is 10.1. The third kappa shape index (κ3) is 2.46. The summed E-state index contributed by atoms with van der Waals surface area (Å²) >= 11 is 1.49. The summed E-state index contributed by atoms with van der Waals surface area (Å²) in [5.41, 5.74) is 7.92. The fourth-order valence-electron chi connectivity index (χ4n) is 1.60. The Morgan fingerprint density at radius 2 is 2.28 bits per heavy atom. The molecule has 0 atom stereocenters. The van der Waals surface area contributed by atoms with E-state index >= 15 is 0 Å². The number of hydrogen-bond donors (Lipinski definition) is 2. The van der Waals surface area contributed by atoms with Gasteiger partial charge in [-0.05, 0) is 24.6 Å². The van der Waals surface area contributed by atoms with E-state index in [0.29, 0.717) is 5.71 Å². The van der Waals surface area contributed by atoms with E-state index in [9.17, 15) is 0 Å². The highest BCUT2D eigenvalue weighted by molar-refractivity contribution is 8.02. The van der Waals surface area contributed by atoms with Crippen LogP contribution in [0.15, 0.2) is 53.1 Å². The molecule has 1 heterocycles. The maximum atomic E-state index is 5.46. The van der Waals surface area contributed by atoms with Crippen LogP contribution in [0.5, 0.6) is 0 Å². The molecule has 0 radical (unpaired) electrons. The number of aliphatic imine (C=N–C) groups is 1. The van der Waals surface area contributed by atoms with Gasteiger partial charge in [-0.15, -0.1) is 11.8 Å². The van der Waals surface area contributed by atoms with Crippen LogP contribution in [0.3, 0.4) is 0 Å². The lowest BCUT2D eigenvalue weighted by atomic mass is 10.1. The Hall–Kier alpha value is -2.01. The van der Waals surface area contributed by atoms with E-state index in [-0.39, 0.29) is 0 Å². The van der Waals surface area contributed by atoms with Crippen molar-refractivity contribution in [2.45, 2.75) is 0 Å². The smallest absolute Gasteiger partial charge is 0.118 e. The van der Waals surface area contributed by atoms with Gasteiger partial charge in [0, 0.05) is 5.39 Å². The van der Waals surface area contributed by atoms with Gasteiger partial charge in [-0.1, -0.05) is 24.8 Å². The number of nitrogens with zero attached hydrogens (tertiary/aromatic N) is 2. The minimum absolute atomic E-state index is 0.703. The summed E-state index contributed by atoms with van der Waals surface area (Å²) < 4.78 is 0. The highest BCUT2D eigenvalue weighted by Gasteiger charge is 2.09. The van der Waals surface area contributed by atoms with Gasteiger partial charge < -0.3 is 5.73 Å². The molecule has 18 heavy (non-hydrogen) atoms. The van der Waals surface area contributed by atoms with Crippen LogP contribution in [0.1, 0.15) is 5.69 Å². The molecule has 0 spiro atoms. The average Bonchev–Trinajstić information content (AvgIpc) is 2.82. The van der Waals surface area contributed by atoms with Gasteiger partial charge in [0.2, 0.25) is 0 Å². The van der Waals surface area contributed by atoms with Gasteiger partial charge >= 0.3 is 0 Å². The number of nitrogens with two attached hydrogens (primary N) is 1. The van der Waals surface area contributed by atoms with E-state index in [1.165, 1.54) is 18.0 Å². The molecule has 0 fully saturated rings. The molecule has 1 aromatic carbocycles. The first-order chi connectivity index (χ1) is 8.76. The molecule has 0 saturated carbocycles. The molecule has 92 valence electrons. The van der Waals surface area contributed by atoms with Crippen molar-refractivity contribution >= 4 is 28.4 Å². The second-order valence-electron chi connectivity index (χ2n) is 3.57. The van der Waals surface area contributed by atoms with Gasteiger partial charge in [0.25, 0.3) is 0 Å². The van der Waals surface area contributed by atoms with E-state index in [2.05, 4.69) is 21.8 Å². The zero-order chi connectivity index (χ0) is 13.0. The Bertz CT molecular complexity index is 625. The maximum Gasteiger partial charge on any atom is 0.118 e. The van der Waals surface area contributed by atoms with Gasteiger partial charge in [-0.3, -0.25) is 5.10 Å². The van der Waals surface area contributed by atoms with Gasteiger partial charge in [0.05, 0.1) is 16.3 Å². The second kappa shape index (κ2) is 5.55. The third-order valence-electron chi connectivity index (χ3n) is 2.45. The number of allylic oxidation sites excluding steroid dienone is 1. The molecule has 0 aliphatic carbocycles. The largest absolute Gasteiger partial charge is 0.405 e. The molecule has 0 amide bonds. The molecule has 0 aliphatic heterocycles. The lowest BCUT2D eigenvalue weighted by molar-refractivity contribution is 1.10. The number of aromatic nitrogens is 2. The Morgan fingerprint density at radius 3 is 3.00 bits per heavy atom. The fraction of sp³-hybridized carbons (Fsp3) is 0.0769. The highest BCUT2D eigenvalue weighted by Crippen LogP contribution is 2.19. The van der Waals surface area contributed by atoms with Crippen LogP contribution < -0.4 is 5.73 Å². The van der Waals surface area contributed by atoms with E-state index in [0.717, 1.165) is 21.6 Å². The number of rotatable bonds is 4. The molecular formula is C13H14N4S. The maximum absolute atomic E-state index is 5.46. The number of nitrogens with one attached hydrogen (secondary N) is 1. The Labute approximate surface area is 110 Å². The van der Waals surface area contributed by atoms with Crippen LogP contribution in [-0.2, 0) is 0 Å². The van der Waals surface area contributed by atoms with Gasteiger partial charge in [-0.25, -0.2) is 4.99 Å². The standard InChI is InChI=1S/C13H14N4S/c1-9(18-2)15-12(7-8-14)13-10-5-3-4-6-11(10)16-17-13/h3-8H,1,14H2,2H3,(H,16,17)/b8-7-,15-12?. The number of para-hydroxylation sites is 1. The summed E-state index contributed by atoms with van der Waals surface area (Å²) in [7, 11) is 0. The van der Waals surface area contributed by atoms with Crippen molar-refractivity contribution < 1.29 is 0 Å². The fourth-order valence-corrected chi connectivity index (χ4v) is 1.79. The van der Waals surface area contributed by atoms with E-state index < -0.39 is 0 Å². The molecule has 5 heteroatoms. The first-order valence-electron chi connectivity index (χ1n) is 5.39. The first kappa shape index (κ1) is 12.4. The van der Waals surface area contributed by atoms with Crippen molar-refractivity contribution in [1.29, 1.82) is 0 Å². The van der Waals surface area contributed by atoms with Crippen LogP contribution in [-0.4, -0.2) is 22.2 Å². The van der Waals surface area contributed by atoms with E-state index in [1.807, 2.05) is 30.5 Å². The van der Waals surface area contributed by atoms with Crippen LogP contribution in [0.25, 0.3) is 10.9 Å².